The summed E-state index contributed by atoms with van der Waals surface area (Å²) in [5, 5.41) is 36.4. The Morgan fingerprint density at radius 1 is 0.767 bits per heavy atom. The highest BCUT2D eigenvalue weighted by atomic mass is 16.5. The van der Waals surface area contributed by atoms with Crippen LogP contribution in [-0.4, -0.2) is 71.0 Å². The molecule has 0 bridgehead atoms. The van der Waals surface area contributed by atoms with Gasteiger partial charge < -0.3 is 29.9 Å². The molecular weight excluding hydrogens is 392 g/mol. The minimum Gasteiger partial charge on any atom is -0.459 e. The first kappa shape index (κ1) is 23.5. The summed E-state index contributed by atoms with van der Waals surface area (Å²) < 4.78 is 10.1. The van der Waals surface area contributed by atoms with Crippen LogP contribution in [0.2, 0.25) is 0 Å². The molecule has 0 spiro atoms. The number of benzene rings is 2. The smallest absolute Gasteiger partial charge is 0.338 e. The van der Waals surface area contributed by atoms with Crippen LogP contribution in [0.1, 0.15) is 31.8 Å². The number of ether oxygens (including phenoxy) is 2. The Hall–Kier alpha value is -2.78. The van der Waals surface area contributed by atoms with Crippen LogP contribution in [0.25, 0.3) is 11.1 Å². The first-order valence-electron chi connectivity index (χ1n) is 9.40. The van der Waals surface area contributed by atoms with Crippen LogP contribution in [0.3, 0.4) is 0 Å². The third-order valence-electron chi connectivity index (χ3n) is 4.48. The van der Waals surface area contributed by atoms with Crippen LogP contribution >= 0.6 is 0 Å². The molecule has 2 atom stereocenters. The maximum atomic E-state index is 12.3. The van der Waals surface area contributed by atoms with Crippen LogP contribution in [-0.2, 0) is 9.47 Å². The zero-order valence-corrected chi connectivity index (χ0v) is 16.9. The molecule has 162 valence electrons. The van der Waals surface area contributed by atoms with E-state index in [0.717, 1.165) is 0 Å². The average Bonchev–Trinajstić information content (AvgIpc) is 2.75. The highest BCUT2D eigenvalue weighted by Gasteiger charge is 2.17. The molecule has 0 fully saturated rings. The van der Waals surface area contributed by atoms with Crippen molar-refractivity contribution in [1.29, 1.82) is 0 Å². The number of aliphatic hydroxyl groups excluding tert-OH is 4. The lowest BCUT2D eigenvalue weighted by atomic mass is 9.96. The molecule has 0 aliphatic rings. The minimum absolute atomic E-state index is 0.299. The van der Waals surface area contributed by atoms with Crippen LogP contribution in [0.4, 0.5) is 0 Å². The van der Waals surface area contributed by atoms with Crippen LogP contribution in [0.15, 0.2) is 36.4 Å². The van der Waals surface area contributed by atoms with Gasteiger partial charge >= 0.3 is 11.9 Å². The highest BCUT2D eigenvalue weighted by molar-refractivity contribution is 5.94. The van der Waals surface area contributed by atoms with E-state index in [2.05, 4.69) is 0 Å². The molecular formula is C22H26O8. The van der Waals surface area contributed by atoms with Crippen molar-refractivity contribution in [2.75, 3.05) is 26.4 Å². The molecule has 2 aromatic carbocycles. The molecule has 0 aromatic heterocycles. The van der Waals surface area contributed by atoms with Gasteiger partial charge in [0.25, 0.3) is 0 Å². The van der Waals surface area contributed by atoms with Gasteiger partial charge in [0.2, 0.25) is 0 Å². The average molecular weight is 418 g/mol. The molecule has 0 heterocycles. The largest absolute Gasteiger partial charge is 0.459 e. The summed E-state index contributed by atoms with van der Waals surface area (Å²) >= 11 is 0. The Bertz CT molecular complexity index is 819. The molecule has 0 radical (unpaired) electrons. The van der Waals surface area contributed by atoms with Gasteiger partial charge in [-0.15, -0.1) is 0 Å². The second-order valence-corrected chi connectivity index (χ2v) is 6.93. The molecule has 0 aliphatic heterocycles. The zero-order valence-electron chi connectivity index (χ0n) is 16.9. The highest BCUT2D eigenvalue weighted by Crippen LogP contribution is 2.26. The van der Waals surface area contributed by atoms with E-state index < -0.39 is 37.4 Å². The molecule has 2 aromatic rings. The summed E-state index contributed by atoms with van der Waals surface area (Å²) in [5.74, 6) is -1.27. The molecule has 0 amide bonds. The SMILES string of the molecule is Cc1ccc(-c2ccc(C)c(C(=O)OCC(O)CO)c2)cc1C(=O)OCC(O)CO. The van der Waals surface area contributed by atoms with Crippen molar-refractivity contribution >= 4 is 11.9 Å². The van der Waals surface area contributed by atoms with Gasteiger partial charge in [0.05, 0.1) is 24.3 Å². The van der Waals surface area contributed by atoms with E-state index in [1.807, 2.05) is 0 Å². The number of hydrogen-bond donors (Lipinski definition) is 4. The Balaban J connectivity index is 2.27. The maximum absolute atomic E-state index is 12.3. The fraction of sp³-hybridized carbons (Fsp3) is 0.364. The molecule has 2 rings (SSSR count). The lowest BCUT2D eigenvalue weighted by Crippen LogP contribution is -2.22. The fourth-order valence-corrected chi connectivity index (χ4v) is 2.65. The summed E-state index contributed by atoms with van der Waals surface area (Å²) in [6, 6.07) is 10.3. The lowest BCUT2D eigenvalue weighted by molar-refractivity contribution is 0.00893. The van der Waals surface area contributed by atoms with Crippen molar-refractivity contribution in [1.82, 2.24) is 0 Å². The summed E-state index contributed by atoms with van der Waals surface area (Å²) in [6.45, 7) is 1.83. The van der Waals surface area contributed by atoms with Crippen LogP contribution in [0.5, 0.6) is 0 Å². The van der Waals surface area contributed by atoms with E-state index in [-0.39, 0.29) is 13.2 Å². The van der Waals surface area contributed by atoms with Gasteiger partial charge in [-0.2, -0.15) is 0 Å². The van der Waals surface area contributed by atoms with Gasteiger partial charge in [0, 0.05) is 0 Å². The first-order chi connectivity index (χ1) is 14.3. The van der Waals surface area contributed by atoms with Crippen molar-refractivity contribution in [3.05, 3.63) is 58.7 Å². The maximum Gasteiger partial charge on any atom is 0.338 e. The van der Waals surface area contributed by atoms with Crippen molar-refractivity contribution in [3.63, 3.8) is 0 Å². The summed E-state index contributed by atoms with van der Waals surface area (Å²) in [4.78, 5) is 24.7. The van der Waals surface area contributed by atoms with E-state index in [1.165, 1.54) is 0 Å². The van der Waals surface area contributed by atoms with Crippen molar-refractivity contribution in [3.8, 4) is 11.1 Å². The van der Waals surface area contributed by atoms with E-state index in [0.29, 0.717) is 33.4 Å². The van der Waals surface area contributed by atoms with Gasteiger partial charge in [0.1, 0.15) is 25.4 Å². The first-order valence-corrected chi connectivity index (χ1v) is 9.40. The van der Waals surface area contributed by atoms with Gasteiger partial charge in [-0.05, 0) is 48.2 Å². The van der Waals surface area contributed by atoms with E-state index in [1.54, 1.807) is 50.2 Å². The lowest BCUT2D eigenvalue weighted by Gasteiger charge is -2.13. The molecule has 30 heavy (non-hydrogen) atoms. The van der Waals surface area contributed by atoms with Crippen molar-refractivity contribution in [2.45, 2.75) is 26.1 Å². The molecule has 0 aliphatic carbocycles. The number of aliphatic hydroxyl groups is 4. The van der Waals surface area contributed by atoms with Crippen LogP contribution in [0, 0.1) is 13.8 Å². The number of aryl methyl sites for hydroxylation is 2. The van der Waals surface area contributed by atoms with E-state index in [4.69, 9.17) is 19.7 Å². The third-order valence-corrected chi connectivity index (χ3v) is 4.48. The second kappa shape index (κ2) is 10.8. The summed E-state index contributed by atoms with van der Waals surface area (Å²) in [7, 11) is 0. The van der Waals surface area contributed by atoms with Crippen molar-refractivity contribution < 1.29 is 39.5 Å². The standard InChI is InChI=1S/C22H26O8/c1-13-3-5-15(7-19(13)21(27)29-11-17(25)9-23)16-6-4-14(2)20(8-16)22(28)30-12-18(26)10-24/h3-8,17-18,23-26H,9-12H2,1-2H3. The Morgan fingerprint density at radius 2 is 1.13 bits per heavy atom. The predicted molar refractivity (Wildman–Crippen MR) is 108 cm³/mol. The van der Waals surface area contributed by atoms with Gasteiger partial charge in [-0.25, -0.2) is 9.59 Å². The van der Waals surface area contributed by atoms with Crippen LogP contribution < -0.4 is 0 Å². The number of esters is 2. The number of rotatable bonds is 9. The Labute approximate surface area is 174 Å². The number of hydrogen-bond acceptors (Lipinski definition) is 8. The Kier molecular flexibility index (Phi) is 8.49. The van der Waals surface area contributed by atoms with Crippen molar-refractivity contribution in [2.24, 2.45) is 0 Å². The van der Waals surface area contributed by atoms with E-state index in [9.17, 15) is 19.8 Å². The fourth-order valence-electron chi connectivity index (χ4n) is 2.65. The molecule has 2 unspecified atom stereocenters. The van der Waals surface area contributed by atoms with E-state index >= 15 is 0 Å². The third kappa shape index (κ3) is 6.11. The Morgan fingerprint density at radius 3 is 1.47 bits per heavy atom. The number of carbonyl (C=O) groups excluding carboxylic acids is 2. The molecule has 0 saturated carbocycles. The normalized spacial score (nSPS) is 12.9. The molecule has 8 nitrogen and oxygen atoms in total. The molecule has 0 saturated heterocycles. The quantitative estimate of drug-likeness (QED) is 0.443. The topological polar surface area (TPSA) is 134 Å². The molecule has 8 heteroatoms. The second-order valence-electron chi connectivity index (χ2n) is 6.93. The van der Waals surface area contributed by atoms with Gasteiger partial charge in [-0.1, -0.05) is 24.3 Å². The summed E-state index contributed by atoms with van der Waals surface area (Å²) in [6.07, 6.45) is -2.29. The van der Waals surface area contributed by atoms with Gasteiger partial charge in [-0.3, -0.25) is 0 Å². The zero-order chi connectivity index (χ0) is 22.3. The number of carbonyl (C=O) groups is 2. The van der Waals surface area contributed by atoms with Gasteiger partial charge in [0.15, 0.2) is 0 Å². The summed E-state index contributed by atoms with van der Waals surface area (Å²) in [5.41, 5.74) is 3.28. The monoisotopic (exact) mass is 418 g/mol. The predicted octanol–water partition coefficient (Wildman–Crippen LogP) is 0.990. The molecule has 4 N–H and O–H groups in total. The minimum atomic E-state index is -1.15.